The number of rotatable bonds is 2. The Hall–Kier alpha value is -1.81. The van der Waals surface area contributed by atoms with E-state index in [2.05, 4.69) is 15.0 Å². The zero-order chi connectivity index (χ0) is 15.0. The number of aliphatic hydroxyl groups is 3. The lowest BCUT2D eigenvalue weighted by Gasteiger charge is -2.26. The lowest BCUT2D eigenvalue weighted by molar-refractivity contribution is -0.0735. The van der Waals surface area contributed by atoms with Crippen molar-refractivity contribution in [1.82, 2.24) is 19.5 Å². The van der Waals surface area contributed by atoms with Gasteiger partial charge in [-0.2, -0.15) is 0 Å². The van der Waals surface area contributed by atoms with Crippen molar-refractivity contribution in [2.75, 3.05) is 18.9 Å². The van der Waals surface area contributed by atoms with Crippen LogP contribution in [0.2, 0.25) is 0 Å². The van der Waals surface area contributed by atoms with E-state index in [1.807, 2.05) is 0 Å². The summed E-state index contributed by atoms with van der Waals surface area (Å²) >= 11 is 0. The van der Waals surface area contributed by atoms with Crippen LogP contribution in [0, 0.1) is 0 Å². The van der Waals surface area contributed by atoms with Gasteiger partial charge in [0.15, 0.2) is 11.5 Å². The molecule has 0 bridgehead atoms. The SMILES string of the molecule is Nc1ncnc2c1ncn2[C@H]1C[C@@H](O)CO[C@H](CO)[C@@H]1O. The molecule has 1 saturated heterocycles. The van der Waals surface area contributed by atoms with Gasteiger partial charge in [-0.1, -0.05) is 0 Å². The number of ether oxygens (including phenoxy) is 1. The van der Waals surface area contributed by atoms with Crippen LogP contribution in [0.5, 0.6) is 0 Å². The van der Waals surface area contributed by atoms with E-state index in [1.54, 1.807) is 4.57 Å². The summed E-state index contributed by atoms with van der Waals surface area (Å²) < 4.78 is 6.94. The summed E-state index contributed by atoms with van der Waals surface area (Å²) in [5.41, 5.74) is 6.65. The molecule has 1 aliphatic heterocycles. The number of nitrogen functional groups attached to an aromatic ring is 1. The van der Waals surface area contributed by atoms with Crippen LogP contribution in [0.1, 0.15) is 12.5 Å². The number of nitrogens with zero attached hydrogens (tertiary/aromatic N) is 4. The van der Waals surface area contributed by atoms with E-state index < -0.39 is 24.4 Å². The molecule has 5 N–H and O–H groups in total. The Kier molecular flexibility index (Phi) is 3.72. The molecule has 0 amide bonds. The summed E-state index contributed by atoms with van der Waals surface area (Å²) in [6.07, 6.45) is 0.542. The molecule has 3 heterocycles. The maximum absolute atomic E-state index is 10.4. The molecular weight excluding hydrogens is 278 g/mol. The van der Waals surface area contributed by atoms with Crippen LogP contribution in [-0.4, -0.2) is 66.4 Å². The fraction of sp³-hybridized carbons (Fsp3) is 0.583. The summed E-state index contributed by atoms with van der Waals surface area (Å²) in [6.45, 7) is -0.281. The van der Waals surface area contributed by atoms with Crippen molar-refractivity contribution in [2.45, 2.75) is 30.8 Å². The summed E-state index contributed by atoms with van der Waals surface area (Å²) in [5.74, 6) is 0.248. The van der Waals surface area contributed by atoms with Crippen molar-refractivity contribution in [3.8, 4) is 0 Å². The van der Waals surface area contributed by atoms with E-state index >= 15 is 0 Å². The normalized spacial score (nSPS) is 30.4. The molecule has 1 fully saturated rings. The standard InChI is InChI=1S/C12H17N5O4/c13-11-9-12(15-4-14-11)17(5-16-9)7-1-6(19)3-21-8(2-18)10(7)20/h4-8,10,18-20H,1-3H2,(H2,13,14,15)/t6-,7+,8-,10-/m1/s1. The highest BCUT2D eigenvalue weighted by Crippen LogP contribution is 2.29. The highest BCUT2D eigenvalue weighted by molar-refractivity contribution is 5.81. The molecule has 0 unspecified atom stereocenters. The van der Waals surface area contributed by atoms with Crippen LogP contribution in [0.3, 0.4) is 0 Å². The van der Waals surface area contributed by atoms with Crippen molar-refractivity contribution in [3.05, 3.63) is 12.7 Å². The first-order valence-corrected chi connectivity index (χ1v) is 6.63. The van der Waals surface area contributed by atoms with Crippen molar-refractivity contribution in [3.63, 3.8) is 0 Å². The van der Waals surface area contributed by atoms with Crippen molar-refractivity contribution < 1.29 is 20.1 Å². The lowest BCUT2D eigenvalue weighted by Crippen LogP contribution is -2.37. The molecular formula is C12H17N5O4. The first-order chi connectivity index (χ1) is 10.1. The van der Waals surface area contributed by atoms with E-state index in [4.69, 9.17) is 10.5 Å². The molecule has 0 aliphatic carbocycles. The van der Waals surface area contributed by atoms with Gasteiger partial charge in [-0.25, -0.2) is 15.0 Å². The Morgan fingerprint density at radius 3 is 2.90 bits per heavy atom. The van der Waals surface area contributed by atoms with Gasteiger partial charge in [0, 0.05) is 0 Å². The number of aliphatic hydroxyl groups excluding tert-OH is 3. The minimum Gasteiger partial charge on any atom is -0.394 e. The van der Waals surface area contributed by atoms with E-state index in [1.165, 1.54) is 12.7 Å². The number of hydrogen-bond acceptors (Lipinski definition) is 8. The average molecular weight is 295 g/mol. The van der Waals surface area contributed by atoms with Crippen molar-refractivity contribution in [1.29, 1.82) is 0 Å². The van der Waals surface area contributed by atoms with E-state index in [0.29, 0.717) is 11.2 Å². The van der Waals surface area contributed by atoms with Gasteiger partial charge in [0.05, 0.1) is 31.7 Å². The summed E-state index contributed by atoms with van der Waals surface area (Å²) in [6, 6.07) is -0.529. The Morgan fingerprint density at radius 1 is 1.33 bits per heavy atom. The molecule has 4 atom stereocenters. The summed E-state index contributed by atoms with van der Waals surface area (Å²) in [4.78, 5) is 12.1. The zero-order valence-corrected chi connectivity index (χ0v) is 11.2. The first-order valence-electron chi connectivity index (χ1n) is 6.63. The van der Waals surface area contributed by atoms with Gasteiger partial charge in [-0.3, -0.25) is 0 Å². The molecule has 0 aromatic carbocycles. The molecule has 3 rings (SSSR count). The summed E-state index contributed by atoms with van der Waals surface area (Å²) in [7, 11) is 0. The third-order valence-corrected chi connectivity index (χ3v) is 3.72. The van der Waals surface area contributed by atoms with Gasteiger partial charge >= 0.3 is 0 Å². The van der Waals surface area contributed by atoms with Gasteiger partial charge in [0.25, 0.3) is 0 Å². The molecule has 9 nitrogen and oxygen atoms in total. The third-order valence-electron chi connectivity index (χ3n) is 3.72. The second-order valence-electron chi connectivity index (χ2n) is 5.08. The molecule has 0 saturated carbocycles. The maximum atomic E-state index is 10.4. The van der Waals surface area contributed by atoms with Gasteiger partial charge in [0.2, 0.25) is 0 Å². The molecule has 114 valence electrons. The molecule has 2 aromatic rings. The van der Waals surface area contributed by atoms with Gasteiger partial charge < -0.3 is 30.4 Å². The number of anilines is 1. The fourth-order valence-electron chi connectivity index (χ4n) is 2.62. The predicted molar refractivity (Wildman–Crippen MR) is 72.2 cm³/mol. The topological polar surface area (TPSA) is 140 Å². The molecule has 0 radical (unpaired) electrons. The van der Waals surface area contributed by atoms with Gasteiger partial charge in [-0.05, 0) is 6.42 Å². The minimum absolute atomic E-state index is 0.0581. The molecule has 21 heavy (non-hydrogen) atoms. The Labute approximate surface area is 120 Å². The number of nitrogens with two attached hydrogens (primary N) is 1. The van der Waals surface area contributed by atoms with Crippen LogP contribution in [0.25, 0.3) is 11.2 Å². The number of imidazole rings is 1. The molecule has 2 aromatic heterocycles. The van der Waals surface area contributed by atoms with Gasteiger partial charge in [0.1, 0.15) is 24.1 Å². The van der Waals surface area contributed by atoms with E-state index in [0.717, 1.165) is 0 Å². The predicted octanol–water partition coefficient (Wildman–Crippen LogP) is -1.55. The highest BCUT2D eigenvalue weighted by Gasteiger charge is 2.35. The molecule has 0 spiro atoms. The second kappa shape index (κ2) is 5.53. The van der Waals surface area contributed by atoms with Crippen molar-refractivity contribution in [2.24, 2.45) is 0 Å². The lowest BCUT2D eigenvalue weighted by atomic mass is 10.0. The molecule has 9 heteroatoms. The number of hydrogen-bond donors (Lipinski definition) is 4. The van der Waals surface area contributed by atoms with Crippen LogP contribution in [-0.2, 0) is 4.74 Å². The second-order valence-corrected chi connectivity index (χ2v) is 5.08. The van der Waals surface area contributed by atoms with Gasteiger partial charge in [-0.15, -0.1) is 0 Å². The Bertz CT molecular complexity index is 633. The Balaban J connectivity index is 2.04. The van der Waals surface area contributed by atoms with E-state index in [-0.39, 0.29) is 25.5 Å². The summed E-state index contributed by atoms with van der Waals surface area (Å²) in [5, 5.41) is 29.6. The average Bonchev–Trinajstić information content (AvgIpc) is 2.84. The largest absolute Gasteiger partial charge is 0.394 e. The van der Waals surface area contributed by atoms with Crippen LogP contribution in [0.15, 0.2) is 12.7 Å². The van der Waals surface area contributed by atoms with Crippen LogP contribution >= 0.6 is 0 Å². The monoisotopic (exact) mass is 295 g/mol. The van der Waals surface area contributed by atoms with Crippen LogP contribution < -0.4 is 5.73 Å². The highest BCUT2D eigenvalue weighted by atomic mass is 16.5. The molecule has 1 aliphatic rings. The zero-order valence-electron chi connectivity index (χ0n) is 11.2. The smallest absolute Gasteiger partial charge is 0.165 e. The maximum Gasteiger partial charge on any atom is 0.165 e. The van der Waals surface area contributed by atoms with Crippen LogP contribution in [0.4, 0.5) is 5.82 Å². The number of aromatic nitrogens is 4. The Morgan fingerprint density at radius 2 is 2.14 bits per heavy atom. The van der Waals surface area contributed by atoms with Crippen molar-refractivity contribution >= 4 is 17.0 Å². The number of fused-ring (bicyclic) bond motifs is 1. The quantitative estimate of drug-likeness (QED) is 0.522. The van der Waals surface area contributed by atoms with E-state index in [9.17, 15) is 15.3 Å². The minimum atomic E-state index is -0.999. The fourth-order valence-corrected chi connectivity index (χ4v) is 2.62. The third kappa shape index (κ3) is 2.44. The first kappa shape index (κ1) is 14.1.